The molecule has 0 spiro atoms. The molecule has 1 saturated carbocycles. The van der Waals surface area contributed by atoms with Crippen molar-refractivity contribution in [1.82, 2.24) is 0 Å². The van der Waals surface area contributed by atoms with Crippen molar-refractivity contribution >= 4 is 29.2 Å². The summed E-state index contributed by atoms with van der Waals surface area (Å²) in [6.07, 6.45) is 7.98. The Morgan fingerprint density at radius 2 is 1.54 bits per heavy atom. The molecule has 1 unspecified atom stereocenters. The van der Waals surface area contributed by atoms with Gasteiger partial charge in [0.05, 0.1) is 13.2 Å². The Bertz CT molecular complexity index is 759. The molecule has 2 nitrogen and oxygen atoms in total. The quantitative estimate of drug-likeness (QED) is 0.555. The predicted octanol–water partition coefficient (Wildman–Crippen LogP) is 5.90. The number of halogens is 1. The summed E-state index contributed by atoms with van der Waals surface area (Å²) in [6.45, 7) is 3.71. The Balaban J connectivity index is 1.59. The number of benzene rings is 2. The van der Waals surface area contributed by atoms with Gasteiger partial charge < -0.3 is 9.47 Å². The minimum absolute atomic E-state index is 0.419. The normalized spacial score (nSPS) is 24.6. The Hall–Kier alpha value is -1.42. The monoisotopic (exact) mass is 438 g/mol. The lowest BCUT2D eigenvalue weighted by atomic mass is 9.75. The molecule has 0 saturated heterocycles. The van der Waals surface area contributed by atoms with Crippen LogP contribution in [0.2, 0.25) is 0 Å². The highest BCUT2D eigenvalue weighted by atomic mass is 79.9. The zero-order chi connectivity index (χ0) is 19.5. The second-order valence-electron chi connectivity index (χ2n) is 8.35. The first-order chi connectivity index (χ1) is 13.6. The molecule has 1 heterocycles. The second-order valence-corrected chi connectivity index (χ2v) is 9.26. The van der Waals surface area contributed by atoms with E-state index in [0.717, 1.165) is 38.5 Å². The number of hydrogen-bond donors (Lipinski definition) is 0. The van der Waals surface area contributed by atoms with Crippen molar-refractivity contribution in [2.24, 2.45) is 17.8 Å². The molecule has 2 aliphatic rings. The van der Waals surface area contributed by atoms with Crippen LogP contribution in [0.1, 0.15) is 45.4 Å². The van der Waals surface area contributed by atoms with E-state index in [4.69, 9.17) is 17.3 Å². The van der Waals surface area contributed by atoms with E-state index in [1.54, 1.807) is 0 Å². The zero-order valence-electron chi connectivity index (χ0n) is 16.6. The molecular formula is C24H28BBrO2. The first-order valence-electron chi connectivity index (χ1n) is 10.6. The third kappa shape index (κ3) is 4.43. The first-order valence-corrected chi connectivity index (χ1v) is 11.4. The van der Waals surface area contributed by atoms with Crippen molar-refractivity contribution in [3.8, 4) is 22.6 Å². The number of hydrogen-bond acceptors (Lipinski definition) is 2. The van der Waals surface area contributed by atoms with Crippen LogP contribution < -0.4 is 14.9 Å². The van der Waals surface area contributed by atoms with Crippen LogP contribution in [-0.4, -0.2) is 21.1 Å². The summed E-state index contributed by atoms with van der Waals surface area (Å²) in [7, 11) is 6.08. The van der Waals surface area contributed by atoms with Gasteiger partial charge in [-0.2, -0.15) is 0 Å². The molecule has 0 bridgehead atoms. The molecule has 2 aromatic rings. The molecule has 0 aromatic heterocycles. The average molecular weight is 439 g/mol. The molecule has 28 heavy (non-hydrogen) atoms. The van der Waals surface area contributed by atoms with E-state index in [1.165, 1.54) is 38.5 Å². The van der Waals surface area contributed by atoms with Crippen molar-refractivity contribution in [3.63, 3.8) is 0 Å². The summed E-state index contributed by atoms with van der Waals surface area (Å²) < 4.78 is 13.7. The lowest BCUT2D eigenvalue weighted by Gasteiger charge is -2.33. The molecule has 146 valence electrons. The van der Waals surface area contributed by atoms with Crippen LogP contribution in [0.25, 0.3) is 11.1 Å². The minimum Gasteiger partial charge on any atom is -0.493 e. The lowest BCUT2D eigenvalue weighted by molar-refractivity contribution is 0.0982. The lowest BCUT2D eigenvalue weighted by Crippen LogP contribution is -2.30. The van der Waals surface area contributed by atoms with Gasteiger partial charge in [0.2, 0.25) is 0 Å². The van der Waals surface area contributed by atoms with E-state index in [2.05, 4.69) is 28.9 Å². The van der Waals surface area contributed by atoms with Gasteiger partial charge in [0.25, 0.3) is 0 Å². The van der Waals surface area contributed by atoms with Crippen LogP contribution in [0.3, 0.4) is 0 Å². The van der Waals surface area contributed by atoms with E-state index < -0.39 is 0 Å². The molecule has 1 atom stereocenters. The fourth-order valence-electron chi connectivity index (χ4n) is 4.79. The summed E-state index contributed by atoms with van der Waals surface area (Å²) in [5.41, 5.74) is 2.77. The van der Waals surface area contributed by atoms with Gasteiger partial charge in [0.15, 0.2) is 0 Å². The van der Waals surface area contributed by atoms with Crippen molar-refractivity contribution in [1.29, 1.82) is 0 Å². The van der Waals surface area contributed by atoms with E-state index in [1.807, 2.05) is 30.3 Å². The van der Waals surface area contributed by atoms with Gasteiger partial charge in [-0.25, -0.2) is 0 Å². The van der Waals surface area contributed by atoms with Gasteiger partial charge in [0, 0.05) is 21.5 Å². The van der Waals surface area contributed by atoms with Gasteiger partial charge in [-0.1, -0.05) is 66.1 Å². The number of ether oxygens (including phenoxy) is 2. The highest BCUT2D eigenvalue weighted by molar-refractivity contribution is 9.10. The maximum atomic E-state index is 6.36. The largest absolute Gasteiger partial charge is 0.493 e. The molecule has 1 aliphatic heterocycles. The summed E-state index contributed by atoms with van der Waals surface area (Å²) in [5.74, 6) is 3.82. The third-order valence-corrected chi connectivity index (χ3v) is 6.89. The standard InChI is InChI=1S/C24H28BBrO2/c1-2-3-16-4-6-17(7-5-16)18-14-27-23-10-8-19(25)12-21(23)22-13-20(26)9-11-24(22)28-15-18/h8-13,16-18H,2-7,14-15H2,1H3. The smallest absolute Gasteiger partial charge is 0.127 e. The summed E-state index contributed by atoms with van der Waals surface area (Å²) in [6, 6.07) is 12.1. The van der Waals surface area contributed by atoms with Gasteiger partial charge in [0.1, 0.15) is 19.3 Å². The highest BCUT2D eigenvalue weighted by Crippen LogP contribution is 2.41. The molecule has 4 rings (SSSR count). The highest BCUT2D eigenvalue weighted by Gasteiger charge is 2.30. The number of fused-ring (bicyclic) bond motifs is 3. The van der Waals surface area contributed by atoms with E-state index in [0.29, 0.717) is 25.0 Å². The Kier molecular flexibility index (Phi) is 6.35. The van der Waals surface area contributed by atoms with Crippen LogP contribution in [0.15, 0.2) is 40.9 Å². The molecule has 4 heteroatoms. The zero-order valence-corrected chi connectivity index (χ0v) is 18.2. The van der Waals surface area contributed by atoms with Crippen molar-refractivity contribution in [2.75, 3.05) is 13.2 Å². The predicted molar refractivity (Wildman–Crippen MR) is 120 cm³/mol. The molecule has 0 N–H and O–H groups in total. The summed E-state index contributed by atoms with van der Waals surface area (Å²) >= 11 is 3.59. The van der Waals surface area contributed by atoms with E-state index in [-0.39, 0.29) is 0 Å². The molecule has 1 aliphatic carbocycles. The van der Waals surface area contributed by atoms with Gasteiger partial charge in [-0.3, -0.25) is 0 Å². The van der Waals surface area contributed by atoms with Crippen LogP contribution >= 0.6 is 15.9 Å². The first kappa shape index (κ1) is 19.9. The van der Waals surface area contributed by atoms with Gasteiger partial charge in [-0.05, 0) is 48.9 Å². The second kappa shape index (κ2) is 8.94. The third-order valence-electron chi connectivity index (χ3n) is 6.40. The van der Waals surface area contributed by atoms with Crippen molar-refractivity contribution < 1.29 is 9.47 Å². The maximum Gasteiger partial charge on any atom is 0.127 e. The molecule has 1 fully saturated rings. The van der Waals surface area contributed by atoms with Crippen LogP contribution in [0, 0.1) is 17.8 Å². The fraction of sp³-hybridized carbons (Fsp3) is 0.500. The Labute approximate surface area is 178 Å². The van der Waals surface area contributed by atoms with Crippen molar-refractivity contribution in [2.45, 2.75) is 45.4 Å². The van der Waals surface area contributed by atoms with Gasteiger partial charge >= 0.3 is 0 Å². The summed E-state index contributed by atoms with van der Waals surface area (Å²) in [5, 5.41) is 0. The maximum absolute atomic E-state index is 6.36. The van der Waals surface area contributed by atoms with Crippen LogP contribution in [0.4, 0.5) is 0 Å². The summed E-state index contributed by atoms with van der Waals surface area (Å²) in [4.78, 5) is 0. The van der Waals surface area contributed by atoms with E-state index >= 15 is 0 Å². The fourth-order valence-corrected chi connectivity index (χ4v) is 5.15. The topological polar surface area (TPSA) is 18.5 Å². The molecular weight excluding hydrogens is 411 g/mol. The Morgan fingerprint density at radius 1 is 0.893 bits per heavy atom. The van der Waals surface area contributed by atoms with Crippen molar-refractivity contribution in [3.05, 3.63) is 40.9 Å². The molecule has 0 amide bonds. The minimum atomic E-state index is 0.419. The number of rotatable bonds is 3. The Morgan fingerprint density at radius 3 is 2.21 bits per heavy atom. The average Bonchev–Trinajstić information content (AvgIpc) is 2.77. The molecule has 2 radical (unpaired) electrons. The van der Waals surface area contributed by atoms with E-state index in [9.17, 15) is 0 Å². The molecule has 2 aromatic carbocycles. The van der Waals surface area contributed by atoms with Crippen LogP contribution in [0.5, 0.6) is 11.5 Å². The van der Waals surface area contributed by atoms with Gasteiger partial charge in [-0.15, -0.1) is 0 Å². The van der Waals surface area contributed by atoms with Crippen LogP contribution in [-0.2, 0) is 0 Å². The SMILES string of the molecule is [B]c1ccc2c(c1)-c1cc(Br)ccc1OCC(C1CCC(CCC)CC1)CO2.